The van der Waals surface area contributed by atoms with Crippen molar-refractivity contribution in [2.75, 3.05) is 14.2 Å². The van der Waals surface area contributed by atoms with Crippen LogP contribution in [0.25, 0.3) is 0 Å². The number of hydrogen-bond acceptors (Lipinski definition) is 6. The number of ether oxygens (including phenoxy) is 3. The predicted molar refractivity (Wildman–Crippen MR) is 123 cm³/mol. The van der Waals surface area contributed by atoms with Crippen molar-refractivity contribution < 1.29 is 28.9 Å². The molecule has 0 bridgehead atoms. The van der Waals surface area contributed by atoms with Crippen LogP contribution in [0.5, 0.6) is 11.5 Å². The van der Waals surface area contributed by atoms with Gasteiger partial charge in [-0.2, -0.15) is 0 Å². The molecule has 0 aliphatic heterocycles. The Labute approximate surface area is 197 Å². The molecule has 0 radical (unpaired) electrons. The fourth-order valence-corrected chi connectivity index (χ4v) is 3.22. The molecule has 31 heavy (non-hydrogen) atoms. The van der Waals surface area contributed by atoms with E-state index in [2.05, 4.69) is 41.3 Å². The molecule has 0 saturated heterocycles. The summed E-state index contributed by atoms with van der Waals surface area (Å²) in [4.78, 5) is 22.3. The first-order chi connectivity index (χ1) is 14.8. The molecule has 0 heterocycles. The number of halogens is 2. The van der Waals surface area contributed by atoms with Crippen LogP contribution in [0.1, 0.15) is 26.3 Å². The Hall–Kier alpha value is -2.84. The zero-order chi connectivity index (χ0) is 22.8. The molecule has 0 unspecified atom stereocenters. The minimum absolute atomic E-state index is 0.0997. The number of carbonyl (C=O) groups excluding carboxylic acids is 2. The molecule has 0 aliphatic carbocycles. The van der Waals surface area contributed by atoms with Crippen molar-refractivity contribution in [2.24, 2.45) is 0 Å². The van der Waals surface area contributed by atoms with E-state index in [9.17, 15) is 9.59 Å². The summed E-state index contributed by atoms with van der Waals surface area (Å²) < 4.78 is 16.0. The van der Waals surface area contributed by atoms with Gasteiger partial charge in [-0.05, 0) is 73.8 Å². The van der Waals surface area contributed by atoms with Crippen LogP contribution in [0.3, 0.4) is 0 Å². The highest BCUT2D eigenvalue weighted by Crippen LogP contribution is 2.27. The molecule has 8 heteroatoms. The number of aromatic hydroxyl groups is 1. The third-order valence-electron chi connectivity index (χ3n) is 3.96. The second-order valence-electron chi connectivity index (χ2n) is 6.07. The van der Waals surface area contributed by atoms with E-state index < -0.39 is 5.97 Å². The maximum Gasteiger partial charge on any atom is 0.337 e. The zero-order valence-corrected chi connectivity index (χ0v) is 20.0. The molecule has 0 amide bonds. The maximum atomic E-state index is 11.4. The molecule has 0 saturated carbocycles. The molecular formula is C23H20Br2O6. The van der Waals surface area contributed by atoms with Gasteiger partial charge in [-0.3, -0.25) is 0 Å². The highest BCUT2D eigenvalue weighted by atomic mass is 79.9. The second-order valence-corrected chi connectivity index (χ2v) is 7.78. The van der Waals surface area contributed by atoms with Crippen LogP contribution >= 0.6 is 31.9 Å². The highest BCUT2D eigenvalue weighted by molar-refractivity contribution is 9.10. The topological polar surface area (TPSA) is 82.1 Å². The molecule has 3 aromatic carbocycles. The molecule has 1 N–H and O–H groups in total. The second kappa shape index (κ2) is 12.1. The minimum atomic E-state index is -0.421. The molecule has 162 valence electrons. The van der Waals surface area contributed by atoms with E-state index in [-0.39, 0.29) is 11.7 Å². The summed E-state index contributed by atoms with van der Waals surface area (Å²) in [5.41, 5.74) is 1.98. The van der Waals surface area contributed by atoms with Crippen LogP contribution in [0.2, 0.25) is 0 Å². The normalized spacial score (nSPS) is 9.81. The Morgan fingerprint density at radius 2 is 1.35 bits per heavy atom. The van der Waals surface area contributed by atoms with E-state index in [1.54, 1.807) is 18.2 Å². The van der Waals surface area contributed by atoms with Gasteiger partial charge in [0.1, 0.15) is 18.1 Å². The molecule has 0 atom stereocenters. The van der Waals surface area contributed by atoms with Gasteiger partial charge in [0.25, 0.3) is 0 Å². The largest absolute Gasteiger partial charge is 0.507 e. The lowest BCUT2D eigenvalue weighted by molar-refractivity contribution is 0.0591. The SMILES string of the molecule is COC(=O)c1ccc(O)c(Br)c1.COC(=O)c1ccc(OCc2ccccc2)c(Br)c1. The molecular weight excluding hydrogens is 532 g/mol. The molecule has 0 aromatic heterocycles. The molecule has 6 nitrogen and oxygen atoms in total. The lowest BCUT2D eigenvalue weighted by Gasteiger charge is -2.09. The van der Waals surface area contributed by atoms with E-state index in [1.807, 2.05) is 30.3 Å². The van der Waals surface area contributed by atoms with Crippen LogP contribution in [-0.2, 0) is 16.1 Å². The maximum absolute atomic E-state index is 11.4. The predicted octanol–water partition coefficient (Wildman–Crippen LogP) is 5.76. The third kappa shape index (κ3) is 7.41. The fraction of sp³-hybridized carbons (Fsp3) is 0.130. The summed E-state index contributed by atoms with van der Waals surface area (Å²) in [6.45, 7) is 0.483. The first-order valence-corrected chi connectivity index (χ1v) is 10.6. The Balaban J connectivity index is 0.000000245. The number of phenols is 1. The number of carbonyl (C=O) groups is 2. The molecule has 3 aromatic rings. The van der Waals surface area contributed by atoms with Crippen molar-refractivity contribution >= 4 is 43.8 Å². The number of phenolic OH excluding ortho intramolecular Hbond substituents is 1. The van der Waals surface area contributed by atoms with E-state index >= 15 is 0 Å². The van der Waals surface area contributed by atoms with Gasteiger partial charge in [-0.25, -0.2) is 9.59 Å². The Morgan fingerprint density at radius 1 is 0.806 bits per heavy atom. The molecule has 3 rings (SSSR count). The first-order valence-electron chi connectivity index (χ1n) is 8.97. The van der Waals surface area contributed by atoms with Crippen molar-refractivity contribution in [3.8, 4) is 11.5 Å². The van der Waals surface area contributed by atoms with Gasteiger partial charge in [0.05, 0.1) is 34.3 Å². The van der Waals surface area contributed by atoms with E-state index in [0.717, 1.165) is 10.0 Å². The first kappa shape index (κ1) is 24.4. The van der Waals surface area contributed by atoms with Crippen molar-refractivity contribution in [3.63, 3.8) is 0 Å². The van der Waals surface area contributed by atoms with Crippen LogP contribution in [0.4, 0.5) is 0 Å². The summed E-state index contributed by atoms with van der Waals surface area (Å²) in [7, 11) is 2.67. The Bertz CT molecular complexity index is 1040. The van der Waals surface area contributed by atoms with Crippen LogP contribution in [0.15, 0.2) is 75.7 Å². The van der Waals surface area contributed by atoms with E-state index in [4.69, 9.17) is 9.84 Å². The minimum Gasteiger partial charge on any atom is -0.507 e. The number of hydrogen-bond donors (Lipinski definition) is 1. The average molecular weight is 552 g/mol. The zero-order valence-electron chi connectivity index (χ0n) is 16.8. The molecule has 0 fully saturated rings. The van der Waals surface area contributed by atoms with E-state index in [1.165, 1.54) is 32.4 Å². The summed E-state index contributed by atoms with van der Waals surface area (Å²) >= 11 is 6.47. The Morgan fingerprint density at radius 3 is 1.87 bits per heavy atom. The van der Waals surface area contributed by atoms with Gasteiger partial charge in [0, 0.05) is 0 Å². The lowest BCUT2D eigenvalue weighted by Crippen LogP contribution is -2.02. The Kier molecular flexibility index (Phi) is 9.55. The van der Waals surface area contributed by atoms with Crippen molar-refractivity contribution in [1.29, 1.82) is 0 Å². The van der Waals surface area contributed by atoms with Crippen LogP contribution in [0, 0.1) is 0 Å². The van der Waals surface area contributed by atoms with E-state index in [0.29, 0.717) is 28.0 Å². The van der Waals surface area contributed by atoms with Crippen LogP contribution in [-0.4, -0.2) is 31.3 Å². The number of rotatable bonds is 5. The number of benzene rings is 3. The summed E-state index contributed by atoms with van der Waals surface area (Å²) in [5, 5.41) is 9.10. The number of esters is 2. The van der Waals surface area contributed by atoms with Crippen molar-refractivity contribution in [3.05, 3.63) is 92.4 Å². The van der Waals surface area contributed by atoms with Gasteiger partial charge in [-0.1, -0.05) is 30.3 Å². The standard InChI is InChI=1S/C15H13BrO3.C8H7BrO3/c1-18-15(17)12-7-8-14(13(16)9-12)19-10-11-5-3-2-4-6-11;1-12-8(11)5-2-3-7(10)6(9)4-5/h2-9H,10H2,1H3;2-4,10H,1H3. The van der Waals surface area contributed by atoms with Gasteiger partial charge in [0.15, 0.2) is 0 Å². The highest BCUT2D eigenvalue weighted by Gasteiger charge is 2.09. The van der Waals surface area contributed by atoms with Crippen molar-refractivity contribution in [2.45, 2.75) is 6.61 Å². The van der Waals surface area contributed by atoms with Gasteiger partial charge in [0.2, 0.25) is 0 Å². The number of methoxy groups -OCH3 is 2. The fourth-order valence-electron chi connectivity index (χ4n) is 2.35. The molecule has 0 spiro atoms. The third-order valence-corrected chi connectivity index (χ3v) is 5.21. The van der Waals surface area contributed by atoms with Crippen molar-refractivity contribution in [1.82, 2.24) is 0 Å². The summed E-state index contributed by atoms with van der Waals surface area (Å²) in [6, 6.07) is 19.4. The lowest BCUT2D eigenvalue weighted by atomic mass is 10.2. The van der Waals surface area contributed by atoms with Gasteiger partial charge in [-0.15, -0.1) is 0 Å². The molecule has 0 aliphatic rings. The summed E-state index contributed by atoms with van der Waals surface area (Å²) in [6.07, 6.45) is 0. The van der Waals surface area contributed by atoms with Crippen LogP contribution < -0.4 is 4.74 Å². The monoisotopic (exact) mass is 550 g/mol. The smallest absolute Gasteiger partial charge is 0.337 e. The quantitative estimate of drug-likeness (QED) is 0.406. The van der Waals surface area contributed by atoms with Gasteiger partial charge >= 0.3 is 11.9 Å². The summed E-state index contributed by atoms with van der Waals surface area (Å²) in [5.74, 6) is 0.00479. The van der Waals surface area contributed by atoms with Gasteiger partial charge < -0.3 is 19.3 Å². The average Bonchev–Trinajstić information content (AvgIpc) is 2.80.